The molecule has 0 aromatic rings. The smallest absolute Gasteiger partial charge is 0.0576 e. The molecule has 12 heavy (non-hydrogen) atoms. The van der Waals surface area contributed by atoms with Gasteiger partial charge < -0.3 is 10.2 Å². The summed E-state index contributed by atoms with van der Waals surface area (Å²) in [5.74, 6) is 2.58. The molecule has 1 N–H and O–H groups in total. The highest BCUT2D eigenvalue weighted by atomic mass is 15.1. The minimum Gasteiger partial charge on any atom is -0.302 e. The first-order valence-corrected chi connectivity index (χ1v) is 4.63. The molecule has 0 aliphatic heterocycles. The van der Waals surface area contributed by atoms with Crippen LogP contribution in [-0.2, 0) is 0 Å². The molecule has 0 aromatic carbocycles. The molecule has 0 rings (SSSR count). The highest BCUT2D eigenvalue weighted by molar-refractivity contribution is 4.87. The Morgan fingerprint density at radius 1 is 1.42 bits per heavy atom. The van der Waals surface area contributed by atoms with Crippen molar-refractivity contribution in [3.63, 3.8) is 0 Å². The van der Waals surface area contributed by atoms with Gasteiger partial charge in [-0.15, -0.1) is 6.42 Å². The molecule has 0 spiro atoms. The van der Waals surface area contributed by atoms with Crippen molar-refractivity contribution >= 4 is 0 Å². The lowest BCUT2D eigenvalue weighted by Crippen LogP contribution is -2.39. The fraction of sp³-hybridized carbons (Fsp3) is 0.800. The van der Waals surface area contributed by atoms with Crippen molar-refractivity contribution in [2.24, 2.45) is 0 Å². The van der Waals surface area contributed by atoms with E-state index in [4.69, 9.17) is 6.42 Å². The Morgan fingerprint density at radius 2 is 2.00 bits per heavy atom. The number of terminal acetylenes is 1. The third-order valence-corrected chi connectivity index (χ3v) is 1.98. The summed E-state index contributed by atoms with van der Waals surface area (Å²) in [5, 5.41) is 3.25. The van der Waals surface area contributed by atoms with Crippen LogP contribution in [0.1, 0.15) is 20.8 Å². The summed E-state index contributed by atoms with van der Waals surface area (Å²) in [6, 6.07) is 0.487. The van der Waals surface area contributed by atoms with E-state index < -0.39 is 0 Å². The third-order valence-electron chi connectivity index (χ3n) is 1.98. The van der Waals surface area contributed by atoms with Gasteiger partial charge in [-0.1, -0.05) is 19.8 Å². The van der Waals surface area contributed by atoms with Gasteiger partial charge in [-0.3, -0.25) is 0 Å². The lowest BCUT2D eigenvalue weighted by Gasteiger charge is -2.22. The summed E-state index contributed by atoms with van der Waals surface area (Å²) in [6.07, 6.45) is 5.15. The molecule has 0 amide bonds. The number of rotatable bonds is 6. The van der Waals surface area contributed by atoms with Crippen LogP contribution in [0.2, 0.25) is 0 Å². The SMILES string of the molecule is C#CCNC(C)CN(CC)CC. The predicted molar refractivity (Wildman–Crippen MR) is 54.1 cm³/mol. The quantitative estimate of drug-likeness (QED) is 0.594. The summed E-state index contributed by atoms with van der Waals surface area (Å²) < 4.78 is 0. The van der Waals surface area contributed by atoms with Crippen molar-refractivity contribution in [3.8, 4) is 12.3 Å². The van der Waals surface area contributed by atoms with Crippen molar-refractivity contribution < 1.29 is 0 Å². The number of nitrogens with zero attached hydrogens (tertiary/aromatic N) is 1. The Hall–Kier alpha value is -0.520. The van der Waals surface area contributed by atoms with Crippen LogP contribution < -0.4 is 5.32 Å². The molecular formula is C10H20N2. The van der Waals surface area contributed by atoms with Gasteiger partial charge in [0.2, 0.25) is 0 Å². The molecule has 0 aliphatic rings. The molecule has 1 atom stereocenters. The zero-order valence-electron chi connectivity index (χ0n) is 8.43. The average Bonchev–Trinajstić information content (AvgIpc) is 2.10. The van der Waals surface area contributed by atoms with Gasteiger partial charge in [0.1, 0.15) is 0 Å². The van der Waals surface area contributed by atoms with Crippen molar-refractivity contribution in [1.82, 2.24) is 10.2 Å². The monoisotopic (exact) mass is 168 g/mol. The van der Waals surface area contributed by atoms with E-state index in [0.29, 0.717) is 12.6 Å². The van der Waals surface area contributed by atoms with E-state index in [9.17, 15) is 0 Å². The maximum absolute atomic E-state index is 5.15. The normalized spacial score (nSPS) is 12.9. The highest BCUT2D eigenvalue weighted by Crippen LogP contribution is 1.90. The molecule has 0 aliphatic carbocycles. The maximum Gasteiger partial charge on any atom is 0.0576 e. The van der Waals surface area contributed by atoms with Gasteiger partial charge in [0, 0.05) is 12.6 Å². The first-order chi connectivity index (χ1) is 5.74. The predicted octanol–water partition coefficient (Wildman–Crippen LogP) is 0.940. The second-order valence-corrected chi connectivity index (χ2v) is 2.97. The average molecular weight is 168 g/mol. The molecule has 0 aromatic heterocycles. The zero-order valence-corrected chi connectivity index (χ0v) is 8.43. The molecule has 1 unspecified atom stereocenters. The summed E-state index contributed by atoms with van der Waals surface area (Å²) in [7, 11) is 0. The molecule has 0 bridgehead atoms. The van der Waals surface area contributed by atoms with Crippen molar-refractivity contribution in [2.75, 3.05) is 26.2 Å². The van der Waals surface area contributed by atoms with E-state index in [1.54, 1.807) is 0 Å². The van der Waals surface area contributed by atoms with Gasteiger partial charge >= 0.3 is 0 Å². The second kappa shape index (κ2) is 7.15. The topological polar surface area (TPSA) is 15.3 Å². The van der Waals surface area contributed by atoms with Gasteiger partial charge in [-0.25, -0.2) is 0 Å². The summed E-state index contributed by atoms with van der Waals surface area (Å²) >= 11 is 0. The van der Waals surface area contributed by atoms with Crippen LogP contribution in [0, 0.1) is 12.3 Å². The molecule has 70 valence electrons. The third kappa shape index (κ3) is 5.17. The van der Waals surface area contributed by atoms with E-state index in [1.807, 2.05) is 0 Å². The largest absolute Gasteiger partial charge is 0.302 e. The molecule has 0 fully saturated rings. The minimum absolute atomic E-state index is 0.487. The summed E-state index contributed by atoms with van der Waals surface area (Å²) in [6.45, 7) is 10.5. The fourth-order valence-corrected chi connectivity index (χ4v) is 1.17. The van der Waals surface area contributed by atoms with Crippen LogP contribution in [0.3, 0.4) is 0 Å². The molecule has 0 radical (unpaired) electrons. The lowest BCUT2D eigenvalue weighted by atomic mass is 10.3. The van der Waals surface area contributed by atoms with E-state index in [2.05, 4.69) is 36.9 Å². The van der Waals surface area contributed by atoms with Crippen LogP contribution in [0.4, 0.5) is 0 Å². The molecule has 2 nitrogen and oxygen atoms in total. The first kappa shape index (κ1) is 11.5. The van der Waals surface area contributed by atoms with Crippen molar-refractivity contribution in [2.45, 2.75) is 26.8 Å². The van der Waals surface area contributed by atoms with Crippen molar-refractivity contribution in [1.29, 1.82) is 0 Å². The van der Waals surface area contributed by atoms with Gasteiger partial charge in [0.25, 0.3) is 0 Å². The van der Waals surface area contributed by atoms with Gasteiger partial charge in [0.05, 0.1) is 6.54 Å². The first-order valence-electron chi connectivity index (χ1n) is 4.63. The zero-order chi connectivity index (χ0) is 9.40. The molecular weight excluding hydrogens is 148 g/mol. The molecule has 0 heterocycles. The Bertz CT molecular complexity index is 133. The van der Waals surface area contributed by atoms with Crippen LogP contribution in [-0.4, -0.2) is 37.1 Å². The molecule has 2 heteroatoms. The van der Waals surface area contributed by atoms with Crippen LogP contribution in [0.25, 0.3) is 0 Å². The lowest BCUT2D eigenvalue weighted by molar-refractivity contribution is 0.274. The van der Waals surface area contributed by atoms with Gasteiger partial charge in [-0.2, -0.15) is 0 Å². The van der Waals surface area contributed by atoms with E-state index in [1.165, 1.54) is 0 Å². The number of nitrogens with one attached hydrogen (secondary N) is 1. The Kier molecular flexibility index (Phi) is 6.84. The molecule has 0 saturated heterocycles. The Morgan fingerprint density at radius 3 is 2.42 bits per heavy atom. The maximum atomic E-state index is 5.15. The fourth-order valence-electron chi connectivity index (χ4n) is 1.17. The van der Waals surface area contributed by atoms with E-state index in [-0.39, 0.29) is 0 Å². The van der Waals surface area contributed by atoms with Gasteiger partial charge in [0.15, 0.2) is 0 Å². The standard InChI is InChI=1S/C10H20N2/c1-5-8-11-10(4)9-12(6-2)7-3/h1,10-11H,6-9H2,2-4H3. The highest BCUT2D eigenvalue weighted by Gasteiger charge is 2.04. The van der Waals surface area contributed by atoms with Crippen molar-refractivity contribution in [3.05, 3.63) is 0 Å². The van der Waals surface area contributed by atoms with Gasteiger partial charge in [-0.05, 0) is 20.0 Å². The van der Waals surface area contributed by atoms with Crippen LogP contribution in [0.5, 0.6) is 0 Å². The van der Waals surface area contributed by atoms with E-state index in [0.717, 1.165) is 19.6 Å². The number of hydrogen-bond donors (Lipinski definition) is 1. The molecule has 0 saturated carbocycles. The second-order valence-electron chi connectivity index (χ2n) is 2.97. The summed E-state index contributed by atoms with van der Waals surface area (Å²) in [5.41, 5.74) is 0. The Labute approximate surface area is 76.3 Å². The Balaban J connectivity index is 3.52. The summed E-state index contributed by atoms with van der Waals surface area (Å²) in [4.78, 5) is 2.38. The van der Waals surface area contributed by atoms with Crippen LogP contribution >= 0.6 is 0 Å². The van der Waals surface area contributed by atoms with Crippen LogP contribution in [0.15, 0.2) is 0 Å². The minimum atomic E-state index is 0.487. The number of hydrogen-bond acceptors (Lipinski definition) is 2. The number of likely N-dealkylation sites (N-methyl/N-ethyl adjacent to an activating group) is 1. The van der Waals surface area contributed by atoms with E-state index >= 15 is 0 Å².